The molecule has 0 aromatic heterocycles. The minimum atomic E-state index is -1.19. The first-order chi connectivity index (χ1) is 17.0. The van der Waals surface area contributed by atoms with Gasteiger partial charge in [-0.25, -0.2) is 9.38 Å². The van der Waals surface area contributed by atoms with Crippen molar-refractivity contribution in [3.8, 4) is 5.75 Å². The van der Waals surface area contributed by atoms with Gasteiger partial charge >= 0.3 is 0 Å². The Hall–Kier alpha value is -3.23. The molecule has 1 atom stereocenters. The van der Waals surface area contributed by atoms with E-state index in [0.717, 1.165) is 15.6 Å². The molecule has 1 aliphatic heterocycles. The standard InChI is InChI=1S/C27H26BrFN2O4/c28-22-10-6-19(7-11-22)16-27(26(33)30-17-21-4-1-2-5-24(21)29)18-35-25(31-27)20-8-12-23(13-9-20)34-15-3-14-32/h1-2,4-13,32H,3,14-18H2,(H,30,33)/t27-/m1/s1. The molecule has 0 bridgehead atoms. The van der Waals surface area contributed by atoms with E-state index >= 15 is 0 Å². The highest BCUT2D eigenvalue weighted by molar-refractivity contribution is 9.10. The maximum atomic E-state index is 14.1. The number of hydrogen-bond donors (Lipinski definition) is 2. The van der Waals surface area contributed by atoms with Crippen LogP contribution in [0.15, 0.2) is 82.3 Å². The fourth-order valence-corrected chi connectivity index (χ4v) is 4.02. The molecule has 1 amide bonds. The largest absolute Gasteiger partial charge is 0.494 e. The zero-order valence-corrected chi connectivity index (χ0v) is 20.6. The van der Waals surface area contributed by atoms with Crippen molar-refractivity contribution < 1.29 is 23.8 Å². The van der Waals surface area contributed by atoms with Gasteiger partial charge in [-0.1, -0.05) is 46.3 Å². The van der Waals surface area contributed by atoms with E-state index in [1.54, 1.807) is 30.3 Å². The quantitative estimate of drug-likeness (QED) is 0.373. The Morgan fingerprint density at radius 2 is 1.86 bits per heavy atom. The summed E-state index contributed by atoms with van der Waals surface area (Å²) in [4.78, 5) is 18.2. The number of hydrogen-bond acceptors (Lipinski definition) is 5. The zero-order chi connectivity index (χ0) is 24.7. The van der Waals surface area contributed by atoms with Gasteiger partial charge in [0.25, 0.3) is 5.91 Å². The molecule has 4 rings (SSSR count). The van der Waals surface area contributed by atoms with Crippen LogP contribution in [-0.4, -0.2) is 42.3 Å². The number of halogens is 2. The molecule has 0 saturated heterocycles. The average molecular weight is 541 g/mol. The number of carbonyl (C=O) groups is 1. The molecule has 0 unspecified atom stereocenters. The van der Waals surface area contributed by atoms with Gasteiger partial charge in [0.2, 0.25) is 5.90 Å². The minimum absolute atomic E-state index is 0.0539. The lowest BCUT2D eigenvalue weighted by Crippen LogP contribution is -2.48. The molecule has 1 aliphatic rings. The second-order valence-electron chi connectivity index (χ2n) is 8.26. The van der Waals surface area contributed by atoms with Gasteiger partial charge in [0.05, 0.1) is 6.61 Å². The number of rotatable bonds is 10. The lowest BCUT2D eigenvalue weighted by molar-refractivity contribution is -0.126. The average Bonchev–Trinajstić information content (AvgIpc) is 3.30. The topological polar surface area (TPSA) is 80.2 Å². The Labute approximate surface area is 211 Å². The minimum Gasteiger partial charge on any atom is -0.494 e. The predicted octanol–water partition coefficient (Wildman–Crippen LogP) is 4.42. The molecule has 182 valence electrons. The van der Waals surface area contributed by atoms with Gasteiger partial charge in [0.15, 0.2) is 5.54 Å². The molecular weight excluding hydrogens is 515 g/mol. The highest BCUT2D eigenvalue weighted by Gasteiger charge is 2.44. The molecule has 0 aliphatic carbocycles. The maximum absolute atomic E-state index is 14.1. The normalized spacial score (nSPS) is 16.9. The van der Waals surface area contributed by atoms with E-state index in [1.165, 1.54) is 6.07 Å². The van der Waals surface area contributed by atoms with Gasteiger partial charge in [0, 0.05) is 41.6 Å². The van der Waals surface area contributed by atoms with Crippen LogP contribution in [0.5, 0.6) is 5.75 Å². The van der Waals surface area contributed by atoms with Crippen molar-refractivity contribution >= 4 is 27.7 Å². The van der Waals surface area contributed by atoms with Crippen LogP contribution in [0.25, 0.3) is 0 Å². The Morgan fingerprint density at radius 1 is 1.11 bits per heavy atom. The first kappa shape index (κ1) is 24.9. The summed E-state index contributed by atoms with van der Waals surface area (Å²) < 4.78 is 26.5. The summed E-state index contributed by atoms with van der Waals surface area (Å²) in [5.74, 6) is 0.333. The summed E-state index contributed by atoms with van der Waals surface area (Å²) in [5.41, 5.74) is 0.860. The summed E-state index contributed by atoms with van der Waals surface area (Å²) in [6, 6.07) is 21.3. The molecule has 0 spiro atoms. The lowest BCUT2D eigenvalue weighted by Gasteiger charge is -2.23. The SMILES string of the molecule is O=C(NCc1ccccc1F)[C@@]1(Cc2ccc(Br)cc2)COC(c2ccc(OCCCO)cc2)=N1. The maximum Gasteiger partial charge on any atom is 0.252 e. The number of benzene rings is 3. The fourth-order valence-electron chi connectivity index (χ4n) is 3.75. The molecule has 3 aromatic rings. The number of amides is 1. The van der Waals surface area contributed by atoms with Gasteiger partial charge in [-0.05, 0) is 48.0 Å². The third kappa shape index (κ3) is 6.26. The van der Waals surface area contributed by atoms with Crippen LogP contribution >= 0.6 is 15.9 Å². The number of aliphatic hydroxyl groups excluding tert-OH is 1. The van der Waals surface area contributed by atoms with Crippen molar-refractivity contribution in [1.82, 2.24) is 5.32 Å². The number of aliphatic hydroxyl groups is 1. The first-order valence-corrected chi connectivity index (χ1v) is 12.1. The second kappa shape index (κ2) is 11.5. The Morgan fingerprint density at radius 3 is 2.57 bits per heavy atom. The number of aliphatic imine (C=N–C) groups is 1. The first-order valence-electron chi connectivity index (χ1n) is 11.3. The number of nitrogens with one attached hydrogen (secondary N) is 1. The summed E-state index contributed by atoms with van der Waals surface area (Å²) in [5, 5.41) is 11.7. The Kier molecular flexibility index (Phi) is 8.15. The van der Waals surface area contributed by atoms with Gasteiger partial charge < -0.3 is 19.9 Å². The van der Waals surface area contributed by atoms with E-state index in [1.807, 2.05) is 36.4 Å². The van der Waals surface area contributed by atoms with Crippen molar-refractivity contribution in [3.05, 3.63) is 99.8 Å². The molecule has 35 heavy (non-hydrogen) atoms. The monoisotopic (exact) mass is 540 g/mol. The summed E-state index contributed by atoms with van der Waals surface area (Å²) in [6.07, 6.45) is 0.882. The highest BCUT2D eigenvalue weighted by Crippen LogP contribution is 2.28. The smallest absolute Gasteiger partial charge is 0.252 e. The molecule has 6 nitrogen and oxygen atoms in total. The molecule has 1 heterocycles. The van der Waals surface area contributed by atoms with Gasteiger partial charge in [0.1, 0.15) is 18.2 Å². The van der Waals surface area contributed by atoms with Crippen LogP contribution in [0.1, 0.15) is 23.1 Å². The van der Waals surface area contributed by atoms with Crippen LogP contribution in [-0.2, 0) is 22.5 Å². The van der Waals surface area contributed by atoms with Crippen LogP contribution in [0.3, 0.4) is 0 Å². The van der Waals surface area contributed by atoms with Crippen LogP contribution < -0.4 is 10.1 Å². The van der Waals surface area contributed by atoms with Crippen molar-refractivity contribution in [2.45, 2.75) is 24.9 Å². The van der Waals surface area contributed by atoms with Crippen molar-refractivity contribution in [2.24, 2.45) is 4.99 Å². The van der Waals surface area contributed by atoms with E-state index in [0.29, 0.717) is 36.7 Å². The zero-order valence-electron chi connectivity index (χ0n) is 19.0. The fraction of sp³-hybridized carbons (Fsp3) is 0.259. The highest BCUT2D eigenvalue weighted by atomic mass is 79.9. The molecule has 0 saturated carbocycles. The van der Waals surface area contributed by atoms with Crippen molar-refractivity contribution in [3.63, 3.8) is 0 Å². The van der Waals surface area contributed by atoms with E-state index < -0.39 is 5.54 Å². The van der Waals surface area contributed by atoms with E-state index in [2.05, 4.69) is 21.2 Å². The van der Waals surface area contributed by atoms with Gasteiger partial charge in [-0.15, -0.1) is 0 Å². The second-order valence-corrected chi connectivity index (χ2v) is 9.18. The molecule has 3 aromatic carbocycles. The molecule has 2 N–H and O–H groups in total. The van der Waals surface area contributed by atoms with E-state index in [4.69, 9.17) is 19.6 Å². The van der Waals surface area contributed by atoms with Gasteiger partial charge in [-0.2, -0.15) is 0 Å². The number of carbonyl (C=O) groups excluding carboxylic acids is 1. The predicted molar refractivity (Wildman–Crippen MR) is 135 cm³/mol. The molecule has 0 fully saturated rings. The lowest BCUT2D eigenvalue weighted by atomic mass is 9.91. The number of ether oxygens (including phenoxy) is 2. The van der Waals surface area contributed by atoms with E-state index in [-0.39, 0.29) is 31.5 Å². The van der Waals surface area contributed by atoms with Gasteiger partial charge in [-0.3, -0.25) is 4.79 Å². The third-order valence-corrected chi connectivity index (χ3v) is 6.19. The molecule has 0 radical (unpaired) electrons. The molecule has 8 heteroatoms. The Bertz CT molecular complexity index is 1180. The third-order valence-electron chi connectivity index (χ3n) is 5.67. The van der Waals surface area contributed by atoms with Crippen LogP contribution in [0.2, 0.25) is 0 Å². The van der Waals surface area contributed by atoms with Crippen LogP contribution in [0.4, 0.5) is 4.39 Å². The van der Waals surface area contributed by atoms with Crippen molar-refractivity contribution in [1.29, 1.82) is 0 Å². The summed E-state index contributed by atoms with van der Waals surface area (Å²) >= 11 is 3.43. The van der Waals surface area contributed by atoms with Crippen LogP contribution in [0, 0.1) is 5.82 Å². The molecular formula is C27H26BrFN2O4. The summed E-state index contributed by atoms with van der Waals surface area (Å²) in [7, 11) is 0. The summed E-state index contributed by atoms with van der Waals surface area (Å²) in [6.45, 7) is 0.614. The Balaban J connectivity index is 1.56. The van der Waals surface area contributed by atoms with Crippen molar-refractivity contribution in [2.75, 3.05) is 19.8 Å². The van der Waals surface area contributed by atoms with E-state index in [9.17, 15) is 9.18 Å². The number of nitrogens with zero attached hydrogens (tertiary/aromatic N) is 1.